The maximum absolute atomic E-state index is 12.7. The molecule has 1 aliphatic rings. The van der Waals surface area contributed by atoms with Crippen LogP contribution in [0.15, 0.2) is 34.4 Å². The van der Waals surface area contributed by atoms with Gasteiger partial charge in [0, 0.05) is 23.4 Å². The molecule has 2 aromatic rings. The van der Waals surface area contributed by atoms with E-state index in [2.05, 4.69) is 10.1 Å². The minimum absolute atomic E-state index is 0.0310. The highest BCUT2D eigenvalue weighted by Crippen LogP contribution is 2.39. The lowest BCUT2D eigenvalue weighted by atomic mass is 10.2. The van der Waals surface area contributed by atoms with Gasteiger partial charge in [-0.25, -0.2) is 4.98 Å². The second kappa shape index (κ2) is 8.27. The molecule has 8 heteroatoms. The molecule has 1 aliphatic heterocycles. The summed E-state index contributed by atoms with van der Waals surface area (Å²) in [5.74, 6) is 0.820. The van der Waals surface area contributed by atoms with Gasteiger partial charge in [-0.15, -0.1) is 0 Å². The fourth-order valence-electron chi connectivity index (χ4n) is 2.80. The first-order chi connectivity index (χ1) is 13.0. The molecule has 0 bridgehead atoms. The third-order valence-corrected chi connectivity index (χ3v) is 5.40. The summed E-state index contributed by atoms with van der Waals surface area (Å²) in [7, 11) is 0. The van der Waals surface area contributed by atoms with Crippen LogP contribution in [0.2, 0.25) is 5.02 Å². The van der Waals surface area contributed by atoms with Crippen molar-refractivity contribution in [2.24, 2.45) is 5.10 Å². The Hall–Kier alpha value is -2.12. The quantitative estimate of drug-likeness (QED) is 0.711. The highest BCUT2D eigenvalue weighted by atomic mass is 35.5. The van der Waals surface area contributed by atoms with Crippen molar-refractivity contribution in [1.29, 1.82) is 0 Å². The van der Waals surface area contributed by atoms with Crippen molar-refractivity contribution in [2.75, 3.05) is 5.01 Å². The Morgan fingerprint density at radius 3 is 2.33 bits per heavy atom. The van der Waals surface area contributed by atoms with E-state index in [0.29, 0.717) is 46.0 Å². The van der Waals surface area contributed by atoms with Crippen LogP contribution < -0.4 is 5.01 Å². The number of nitrogens with zero attached hydrogens (tertiary/aromatic N) is 4. The third-order valence-electron chi connectivity index (χ3n) is 4.08. The van der Waals surface area contributed by atoms with Crippen LogP contribution in [-0.2, 0) is 4.79 Å². The van der Waals surface area contributed by atoms with Crippen molar-refractivity contribution < 1.29 is 9.59 Å². The van der Waals surface area contributed by atoms with Crippen LogP contribution in [0.5, 0.6) is 0 Å². The van der Waals surface area contributed by atoms with Crippen molar-refractivity contribution >= 4 is 46.0 Å². The van der Waals surface area contributed by atoms with Crippen molar-refractivity contribution in [3.63, 3.8) is 0 Å². The summed E-state index contributed by atoms with van der Waals surface area (Å²) in [5.41, 5.74) is 0.831. The molecule has 0 spiro atoms. The standard InChI is InChI=1S/C19H21ClN4O2S/c1-4-6-15(25)23-12(3)21-17-19(23)27-18(13-8-10-14(20)11-9-13)22-24(17)16(26)7-5-2/h8-11H,4-7H2,1-3H3. The van der Waals surface area contributed by atoms with Crippen LogP contribution in [-0.4, -0.2) is 26.4 Å². The number of amides is 1. The highest BCUT2D eigenvalue weighted by Gasteiger charge is 2.32. The van der Waals surface area contributed by atoms with Crippen molar-refractivity contribution in [1.82, 2.24) is 9.55 Å². The number of aryl methyl sites for hydroxylation is 1. The molecule has 1 aromatic heterocycles. The number of imidazole rings is 1. The molecule has 142 valence electrons. The predicted molar refractivity (Wildman–Crippen MR) is 109 cm³/mol. The maximum atomic E-state index is 12.7. The average molecular weight is 405 g/mol. The number of hydrazone groups is 1. The Morgan fingerprint density at radius 2 is 1.70 bits per heavy atom. The van der Waals surface area contributed by atoms with Gasteiger partial charge in [0.2, 0.25) is 11.8 Å². The van der Waals surface area contributed by atoms with Crippen molar-refractivity contribution in [3.8, 4) is 0 Å². The molecule has 1 aromatic carbocycles. The maximum Gasteiger partial charge on any atom is 0.248 e. The Balaban J connectivity index is 2.10. The number of anilines is 1. The SMILES string of the molecule is CCCC(=O)N1N=C(c2ccc(Cl)cc2)Sc2c1nc(C)n2C(=O)CCC. The summed E-state index contributed by atoms with van der Waals surface area (Å²) in [4.78, 5) is 29.8. The highest BCUT2D eigenvalue weighted by molar-refractivity contribution is 8.14. The molecule has 0 atom stereocenters. The van der Waals surface area contributed by atoms with Crippen LogP contribution in [0, 0.1) is 6.92 Å². The largest absolute Gasteiger partial charge is 0.274 e. The Labute approximate surface area is 167 Å². The lowest BCUT2D eigenvalue weighted by Gasteiger charge is -2.23. The fourth-order valence-corrected chi connectivity index (χ4v) is 4.03. The van der Waals surface area contributed by atoms with Crippen molar-refractivity contribution in [2.45, 2.75) is 51.5 Å². The molecule has 3 rings (SSSR count). The first-order valence-corrected chi connectivity index (χ1v) is 10.1. The van der Waals surface area contributed by atoms with E-state index in [9.17, 15) is 9.59 Å². The predicted octanol–water partition coefficient (Wildman–Crippen LogP) is 4.89. The lowest BCUT2D eigenvalue weighted by Crippen LogP contribution is -2.30. The van der Waals surface area contributed by atoms with Crippen LogP contribution in [0.25, 0.3) is 0 Å². The second-order valence-electron chi connectivity index (χ2n) is 6.24. The smallest absolute Gasteiger partial charge is 0.248 e. The number of carbonyl (C=O) groups excluding carboxylic acids is 2. The van der Waals surface area contributed by atoms with Gasteiger partial charge in [-0.2, -0.15) is 10.1 Å². The van der Waals surface area contributed by atoms with Gasteiger partial charge in [-0.3, -0.25) is 14.2 Å². The van der Waals surface area contributed by atoms with Crippen molar-refractivity contribution in [3.05, 3.63) is 40.7 Å². The molecular weight excluding hydrogens is 384 g/mol. The topological polar surface area (TPSA) is 67.6 Å². The molecule has 0 saturated carbocycles. The van der Waals surface area contributed by atoms with E-state index in [0.717, 1.165) is 12.0 Å². The summed E-state index contributed by atoms with van der Waals surface area (Å²) in [5, 5.41) is 7.76. The molecular formula is C19H21ClN4O2S. The van der Waals surface area contributed by atoms with Crippen LogP contribution in [0.4, 0.5) is 5.82 Å². The minimum atomic E-state index is -0.141. The fraction of sp³-hybridized carbons (Fsp3) is 0.368. The summed E-state index contributed by atoms with van der Waals surface area (Å²) < 4.78 is 1.60. The zero-order valence-electron chi connectivity index (χ0n) is 15.5. The molecule has 1 amide bonds. The summed E-state index contributed by atoms with van der Waals surface area (Å²) in [6.45, 7) is 5.67. The Kier molecular flexibility index (Phi) is 6.01. The van der Waals surface area contributed by atoms with Gasteiger partial charge in [0.25, 0.3) is 0 Å². The molecule has 0 saturated heterocycles. The zero-order valence-corrected chi connectivity index (χ0v) is 17.1. The van der Waals surface area contributed by atoms with Crippen LogP contribution in [0.1, 0.15) is 55.7 Å². The number of fused-ring (bicyclic) bond motifs is 1. The van der Waals surface area contributed by atoms with Gasteiger partial charge in [0.1, 0.15) is 15.9 Å². The molecule has 0 N–H and O–H groups in total. The number of hydrogen-bond acceptors (Lipinski definition) is 5. The minimum Gasteiger partial charge on any atom is -0.274 e. The third kappa shape index (κ3) is 3.94. The van der Waals surface area contributed by atoms with E-state index < -0.39 is 0 Å². The number of carbonyl (C=O) groups is 2. The van der Waals surface area contributed by atoms with Gasteiger partial charge < -0.3 is 0 Å². The molecule has 0 unspecified atom stereocenters. The van der Waals surface area contributed by atoms with E-state index in [1.165, 1.54) is 16.8 Å². The number of rotatable bonds is 5. The van der Waals surface area contributed by atoms with E-state index in [-0.39, 0.29) is 11.8 Å². The first-order valence-electron chi connectivity index (χ1n) is 8.94. The molecule has 0 fully saturated rings. The molecule has 6 nitrogen and oxygen atoms in total. The first kappa shape index (κ1) is 19.6. The molecule has 27 heavy (non-hydrogen) atoms. The van der Waals surface area contributed by atoms with Gasteiger partial charge in [-0.05, 0) is 43.7 Å². The monoisotopic (exact) mass is 404 g/mol. The average Bonchev–Trinajstić information content (AvgIpc) is 2.97. The Bertz CT molecular complexity index is 905. The number of halogens is 1. The van der Waals surface area contributed by atoms with E-state index in [1.807, 2.05) is 26.0 Å². The van der Waals surface area contributed by atoms with Gasteiger partial charge >= 0.3 is 0 Å². The van der Waals surface area contributed by atoms with E-state index in [1.54, 1.807) is 23.6 Å². The molecule has 0 radical (unpaired) electrons. The van der Waals surface area contributed by atoms with Crippen LogP contribution >= 0.6 is 23.4 Å². The number of benzene rings is 1. The molecule has 0 aliphatic carbocycles. The van der Waals surface area contributed by atoms with Gasteiger partial charge in [0.05, 0.1) is 0 Å². The second-order valence-corrected chi connectivity index (χ2v) is 7.65. The van der Waals surface area contributed by atoms with Gasteiger partial charge in [-0.1, -0.05) is 37.6 Å². The summed E-state index contributed by atoms with van der Waals surface area (Å²) in [6, 6.07) is 7.25. The zero-order chi connectivity index (χ0) is 19.6. The summed E-state index contributed by atoms with van der Waals surface area (Å²) >= 11 is 7.34. The number of hydrogen-bond donors (Lipinski definition) is 0. The molecule has 2 heterocycles. The lowest BCUT2D eigenvalue weighted by molar-refractivity contribution is -0.118. The number of aromatic nitrogens is 2. The van der Waals surface area contributed by atoms with E-state index in [4.69, 9.17) is 11.6 Å². The van der Waals surface area contributed by atoms with Gasteiger partial charge in [0.15, 0.2) is 5.82 Å². The Morgan fingerprint density at radius 1 is 1.07 bits per heavy atom. The van der Waals surface area contributed by atoms with Crippen LogP contribution in [0.3, 0.4) is 0 Å². The summed E-state index contributed by atoms with van der Waals surface area (Å²) in [6.07, 6.45) is 2.22. The van der Waals surface area contributed by atoms with E-state index >= 15 is 0 Å². The number of thioether (sulfide) groups is 1. The normalized spacial score (nSPS) is 13.3.